The van der Waals surface area contributed by atoms with E-state index in [0.717, 1.165) is 40.1 Å². The quantitative estimate of drug-likeness (QED) is 0.369. The van der Waals surface area contributed by atoms with Crippen LogP contribution in [-0.4, -0.2) is 27.7 Å². The molecule has 0 bridgehead atoms. The van der Waals surface area contributed by atoms with Gasteiger partial charge in [-0.05, 0) is 48.2 Å². The lowest BCUT2D eigenvalue weighted by molar-refractivity contribution is 0.193. The molecule has 1 N–H and O–H groups in total. The lowest BCUT2D eigenvalue weighted by atomic mass is 9.89. The Morgan fingerprint density at radius 2 is 2.03 bits per heavy atom. The normalized spacial score (nSPS) is 18.1. The number of imidazole rings is 1. The molecule has 0 radical (unpaired) electrons. The van der Waals surface area contributed by atoms with Gasteiger partial charge in [0.25, 0.3) is 0 Å². The first-order valence-electron chi connectivity index (χ1n) is 12.1. The first-order chi connectivity index (χ1) is 17.9. The first-order valence-corrected chi connectivity index (χ1v) is 12.1. The van der Waals surface area contributed by atoms with Crippen LogP contribution in [0.3, 0.4) is 0 Å². The molecule has 2 aromatic carbocycles. The number of hydrogen-bond donors (Lipinski definition) is 1. The van der Waals surface area contributed by atoms with Crippen LogP contribution in [-0.2, 0) is 17.8 Å². The molecule has 6 rings (SSSR count). The molecule has 37 heavy (non-hydrogen) atoms. The van der Waals surface area contributed by atoms with Gasteiger partial charge in [-0.15, -0.1) is 0 Å². The van der Waals surface area contributed by atoms with Gasteiger partial charge in [-0.1, -0.05) is 18.2 Å². The molecule has 0 saturated carbocycles. The van der Waals surface area contributed by atoms with Gasteiger partial charge in [0.2, 0.25) is 0 Å². The number of nitrogens with zero attached hydrogens (tertiary/aromatic N) is 3. The third-order valence-corrected chi connectivity index (χ3v) is 7.11. The molecule has 0 aliphatic carbocycles. The number of allylic oxidation sites excluding steroid dienone is 1. The molecule has 2 aliphatic heterocycles. The molecule has 0 spiro atoms. The molecule has 0 amide bonds. The summed E-state index contributed by atoms with van der Waals surface area (Å²) in [5, 5.41) is 20.0. The van der Waals surface area contributed by atoms with E-state index in [1.807, 2.05) is 18.2 Å². The highest BCUT2D eigenvalue weighted by Gasteiger charge is 2.28. The van der Waals surface area contributed by atoms with Crippen LogP contribution in [0.25, 0.3) is 11.2 Å². The predicted molar refractivity (Wildman–Crippen MR) is 132 cm³/mol. The third-order valence-electron chi connectivity index (χ3n) is 7.11. The second-order valence-electron chi connectivity index (χ2n) is 9.42. The fourth-order valence-corrected chi connectivity index (χ4v) is 5.29. The van der Waals surface area contributed by atoms with E-state index in [1.54, 1.807) is 23.6 Å². The van der Waals surface area contributed by atoms with Gasteiger partial charge >= 0.3 is 0 Å². The number of fused-ring (bicyclic) bond motifs is 3. The Morgan fingerprint density at radius 1 is 1.19 bits per heavy atom. The van der Waals surface area contributed by atoms with Gasteiger partial charge in [0.1, 0.15) is 18.2 Å². The molecule has 4 aromatic rings. The molecular formula is C29H23F2N3O3. The number of rotatable bonds is 3. The lowest BCUT2D eigenvalue weighted by Crippen LogP contribution is -2.06. The Hall–Kier alpha value is -4.22. The number of ether oxygens (including phenoxy) is 2. The average Bonchev–Trinajstić information content (AvgIpc) is 3.52. The summed E-state index contributed by atoms with van der Waals surface area (Å²) >= 11 is 0. The maximum Gasteiger partial charge on any atom is 0.195 e. The van der Waals surface area contributed by atoms with Crippen LogP contribution >= 0.6 is 0 Å². The zero-order chi connectivity index (χ0) is 25.7. The summed E-state index contributed by atoms with van der Waals surface area (Å²) in [5.74, 6) is -1.15. The largest absolute Gasteiger partial charge is 0.502 e. The van der Waals surface area contributed by atoms with Gasteiger partial charge in [0.15, 0.2) is 17.2 Å². The summed E-state index contributed by atoms with van der Waals surface area (Å²) in [5.41, 5.74) is 6.41. The molecule has 1 fully saturated rings. The van der Waals surface area contributed by atoms with Crippen molar-refractivity contribution in [3.05, 3.63) is 99.5 Å². The Balaban J connectivity index is 1.46. The smallest absolute Gasteiger partial charge is 0.195 e. The third kappa shape index (κ3) is 3.92. The minimum atomic E-state index is -0.719. The molecule has 1 saturated heterocycles. The Bertz CT molecular complexity index is 1630. The second kappa shape index (κ2) is 9.02. The van der Waals surface area contributed by atoms with Crippen molar-refractivity contribution in [1.29, 1.82) is 5.26 Å². The highest BCUT2D eigenvalue weighted by Crippen LogP contribution is 2.40. The molecule has 1 unspecified atom stereocenters. The van der Waals surface area contributed by atoms with Crippen LogP contribution in [0, 0.1) is 23.0 Å². The summed E-state index contributed by atoms with van der Waals surface area (Å²) in [6, 6.07) is 13.8. The van der Waals surface area contributed by atoms with Crippen LogP contribution in [0.1, 0.15) is 52.9 Å². The van der Waals surface area contributed by atoms with Gasteiger partial charge in [-0.3, -0.25) is 0 Å². The minimum absolute atomic E-state index is 0.0544. The predicted octanol–water partition coefficient (Wildman–Crippen LogP) is 5.65. The first kappa shape index (κ1) is 23.2. The topological polar surface area (TPSA) is 79.8 Å². The molecule has 1 atom stereocenters. The molecule has 2 aliphatic rings. The zero-order valence-electron chi connectivity index (χ0n) is 20.1. The highest BCUT2D eigenvalue weighted by molar-refractivity contribution is 5.88. The van der Waals surface area contributed by atoms with Crippen LogP contribution in [0.5, 0.6) is 11.5 Å². The number of aromatic nitrogens is 2. The van der Waals surface area contributed by atoms with Crippen molar-refractivity contribution >= 4 is 11.2 Å². The summed E-state index contributed by atoms with van der Waals surface area (Å²) in [6.45, 7) is 3.10. The van der Waals surface area contributed by atoms with Crippen molar-refractivity contribution in [3.63, 3.8) is 0 Å². The van der Waals surface area contributed by atoms with E-state index in [-0.39, 0.29) is 18.2 Å². The van der Waals surface area contributed by atoms with Gasteiger partial charge in [0, 0.05) is 47.9 Å². The second-order valence-corrected chi connectivity index (χ2v) is 9.42. The van der Waals surface area contributed by atoms with Gasteiger partial charge in [-0.25, -0.2) is 13.8 Å². The van der Waals surface area contributed by atoms with Crippen LogP contribution in [0.15, 0.2) is 54.2 Å². The average molecular weight is 500 g/mol. The number of benzene rings is 2. The lowest BCUT2D eigenvalue weighted by Gasteiger charge is -2.14. The standard InChI is InChI=1S/C29H23F2N3O3/c1-16(13-32)26-21-4-2-17(10-19(21)15-37-25-12-20(30)3-5-22(25)26)11-24-27(18-7-9-36-14-18)33-29-28(35)23(31)6-8-34(24)29/h2-6,8,10,12,18,35H,7,9,11,14-15H2,1H3/b26-16+. The molecule has 4 heterocycles. The zero-order valence-corrected chi connectivity index (χ0v) is 20.1. The van der Waals surface area contributed by atoms with E-state index in [0.29, 0.717) is 36.5 Å². The van der Waals surface area contributed by atoms with Crippen molar-refractivity contribution in [2.45, 2.75) is 32.3 Å². The van der Waals surface area contributed by atoms with E-state index >= 15 is 0 Å². The van der Waals surface area contributed by atoms with Gasteiger partial charge < -0.3 is 19.0 Å². The van der Waals surface area contributed by atoms with E-state index in [4.69, 9.17) is 9.47 Å². The van der Waals surface area contributed by atoms with Crippen LogP contribution in [0.4, 0.5) is 8.78 Å². The highest BCUT2D eigenvalue weighted by atomic mass is 19.1. The molecule has 2 aromatic heterocycles. The van der Waals surface area contributed by atoms with E-state index in [9.17, 15) is 19.1 Å². The Morgan fingerprint density at radius 3 is 2.81 bits per heavy atom. The number of halogens is 2. The Kier molecular flexibility index (Phi) is 5.65. The van der Waals surface area contributed by atoms with Crippen molar-refractivity contribution < 1.29 is 23.4 Å². The van der Waals surface area contributed by atoms with E-state index < -0.39 is 17.4 Å². The van der Waals surface area contributed by atoms with Crippen molar-refractivity contribution in [3.8, 4) is 17.6 Å². The summed E-state index contributed by atoms with van der Waals surface area (Å²) in [4.78, 5) is 4.62. The number of hydrogen-bond acceptors (Lipinski definition) is 5. The maximum absolute atomic E-state index is 14.1. The van der Waals surface area contributed by atoms with Crippen molar-refractivity contribution in [1.82, 2.24) is 9.38 Å². The van der Waals surface area contributed by atoms with E-state index in [1.165, 1.54) is 18.2 Å². The Labute approximate surface area is 212 Å². The van der Waals surface area contributed by atoms with E-state index in [2.05, 4.69) is 11.1 Å². The summed E-state index contributed by atoms with van der Waals surface area (Å²) in [7, 11) is 0. The SMILES string of the molecule is C/C(C#N)=C1/c2ccc(Cc3c(C4CCOC4)nc4c(O)c(F)ccn34)cc2COc2cc(F)ccc21. The van der Waals surface area contributed by atoms with Gasteiger partial charge in [-0.2, -0.15) is 5.26 Å². The molecule has 186 valence electrons. The van der Waals surface area contributed by atoms with Crippen molar-refractivity contribution in [2.24, 2.45) is 0 Å². The van der Waals surface area contributed by atoms with Crippen LogP contribution < -0.4 is 4.74 Å². The number of pyridine rings is 1. The molecule has 8 heteroatoms. The minimum Gasteiger partial charge on any atom is -0.502 e. The van der Waals surface area contributed by atoms with Gasteiger partial charge in [0.05, 0.1) is 24.1 Å². The summed E-state index contributed by atoms with van der Waals surface area (Å²) in [6.07, 6.45) is 2.86. The molecular weight excluding hydrogens is 476 g/mol. The fraction of sp³-hybridized carbons (Fsp3) is 0.241. The fourth-order valence-electron chi connectivity index (χ4n) is 5.29. The number of aromatic hydroxyl groups is 1. The van der Waals surface area contributed by atoms with Crippen molar-refractivity contribution in [2.75, 3.05) is 13.2 Å². The summed E-state index contributed by atoms with van der Waals surface area (Å²) < 4.78 is 41.4. The maximum atomic E-state index is 14.1. The molecule has 6 nitrogen and oxygen atoms in total. The monoisotopic (exact) mass is 499 g/mol. The van der Waals surface area contributed by atoms with Crippen LogP contribution in [0.2, 0.25) is 0 Å². The number of nitriles is 1.